The van der Waals surface area contributed by atoms with Crippen molar-refractivity contribution in [1.82, 2.24) is 0 Å². The van der Waals surface area contributed by atoms with Crippen molar-refractivity contribution < 1.29 is 5.11 Å². The highest BCUT2D eigenvalue weighted by atomic mass is 32.1. The zero-order valence-electron chi connectivity index (χ0n) is 7.22. The third-order valence-corrected chi connectivity index (χ3v) is 3.21. The van der Waals surface area contributed by atoms with E-state index in [1.807, 2.05) is 0 Å². The van der Waals surface area contributed by atoms with Crippen LogP contribution in [0.4, 0.5) is 0 Å². The van der Waals surface area contributed by atoms with Crippen LogP contribution in [0.5, 0.6) is 0 Å². The van der Waals surface area contributed by atoms with Crippen LogP contribution in [0.25, 0.3) is 0 Å². The van der Waals surface area contributed by atoms with Crippen molar-refractivity contribution in [3.05, 3.63) is 21.9 Å². The second kappa shape index (κ2) is 2.95. The third-order valence-electron chi connectivity index (χ3n) is 1.79. The van der Waals surface area contributed by atoms with E-state index in [-0.39, 0.29) is 12.0 Å². The van der Waals surface area contributed by atoms with Gasteiger partial charge in [0, 0.05) is 10.3 Å². The minimum atomic E-state index is -0.0705. The van der Waals surface area contributed by atoms with Gasteiger partial charge in [0.1, 0.15) is 0 Å². The van der Waals surface area contributed by atoms with Crippen LogP contribution >= 0.6 is 11.3 Å². The third kappa shape index (κ3) is 1.82. The van der Waals surface area contributed by atoms with Crippen LogP contribution in [0.2, 0.25) is 0 Å². The first kappa shape index (κ1) is 8.75. The summed E-state index contributed by atoms with van der Waals surface area (Å²) in [4.78, 5) is 1.26. The van der Waals surface area contributed by atoms with Crippen LogP contribution in [-0.4, -0.2) is 11.7 Å². The largest absolute Gasteiger partial charge is 0.395 e. The molecule has 0 atom stereocenters. The Morgan fingerprint density at radius 3 is 2.55 bits per heavy atom. The van der Waals surface area contributed by atoms with Gasteiger partial charge in [-0.25, -0.2) is 0 Å². The molecule has 0 aliphatic carbocycles. The predicted octanol–water partition coefficient (Wildman–Crippen LogP) is 2.33. The van der Waals surface area contributed by atoms with Crippen LogP contribution in [0, 0.1) is 6.92 Å². The van der Waals surface area contributed by atoms with Gasteiger partial charge in [0.25, 0.3) is 0 Å². The Labute approximate surface area is 71.7 Å². The smallest absolute Gasteiger partial charge is 0.0530 e. The molecule has 1 rings (SSSR count). The highest BCUT2D eigenvalue weighted by molar-refractivity contribution is 7.10. The fourth-order valence-corrected chi connectivity index (χ4v) is 1.88. The van der Waals surface area contributed by atoms with Crippen molar-refractivity contribution in [2.24, 2.45) is 0 Å². The lowest BCUT2D eigenvalue weighted by molar-refractivity contribution is 0.221. The quantitative estimate of drug-likeness (QED) is 0.722. The lowest BCUT2D eigenvalue weighted by atomic mass is 9.92. The van der Waals surface area contributed by atoms with Gasteiger partial charge in [0.05, 0.1) is 6.61 Å². The maximum Gasteiger partial charge on any atom is 0.0530 e. The van der Waals surface area contributed by atoms with Crippen molar-refractivity contribution in [3.63, 3.8) is 0 Å². The maximum absolute atomic E-state index is 9.06. The first-order chi connectivity index (χ1) is 5.06. The number of aryl methyl sites for hydroxylation is 1. The van der Waals surface area contributed by atoms with Gasteiger partial charge in [-0.15, -0.1) is 11.3 Å². The summed E-state index contributed by atoms with van der Waals surface area (Å²) in [6.45, 7) is 6.40. The predicted molar refractivity (Wildman–Crippen MR) is 49.2 cm³/mol. The molecule has 1 aromatic heterocycles. The molecule has 1 N–H and O–H groups in total. The first-order valence-electron chi connectivity index (χ1n) is 3.73. The van der Waals surface area contributed by atoms with E-state index in [0.29, 0.717) is 0 Å². The molecular weight excluding hydrogens is 156 g/mol. The van der Waals surface area contributed by atoms with E-state index in [1.165, 1.54) is 10.4 Å². The lowest BCUT2D eigenvalue weighted by Gasteiger charge is -2.19. The SMILES string of the molecule is Cc1csc(C(C)(C)CO)c1. The van der Waals surface area contributed by atoms with E-state index in [2.05, 4.69) is 32.2 Å². The number of aliphatic hydroxyl groups is 1. The Hall–Kier alpha value is -0.340. The fourth-order valence-electron chi connectivity index (χ4n) is 0.864. The average molecular weight is 170 g/mol. The molecule has 1 heterocycles. The first-order valence-corrected chi connectivity index (χ1v) is 4.61. The molecule has 0 aromatic carbocycles. The highest BCUT2D eigenvalue weighted by Gasteiger charge is 2.20. The Bertz CT molecular complexity index is 237. The molecule has 0 radical (unpaired) electrons. The van der Waals surface area contributed by atoms with E-state index < -0.39 is 0 Å². The van der Waals surface area contributed by atoms with Gasteiger partial charge in [0.15, 0.2) is 0 Å². The van der Waals surface area contributed by atoms with E-state index in [9.17, 15) is 0 Å². The highest BCUT2D eigenvalue weighted by Crippen LogP contribution is 2.28. The van der Waals surface area contributed by atoms with Gasteiger partial charge in [0.2, 0.25) is 0 Å². The van der Waals surface area contributed by atoms with Gasteiger partial charge in [-0.1, -0.05) is 13.8 Å². The number of aliphatic hydroxyl groups excluding tert-OH is 1. The molecular formula is C9H14OS. The van der Waals surface area contributed by atoms with E-state index in [0.717, 1.165) is 0 Å². The second-order valence-electron chi connectivity index (χ2n) is 3.53. The molecule has 0 bridgehead atoms. The minimum Gasteiger partial charge on any atom is -0.395 e. The standard InChI is InChI=1S/C9H14OS/c1-7-4-8(11-5-7)9(2,3)6-10/h4-5,10H,6H2,1-3H3. The average Bonchev–Trinajstić information content (AvgIpc) is 2.36. The molecule has 2 heteroatoms. The van der Waals surface area contributed by atoms with Crippen LogP contribution < -0.4 is 0 Å². The van der Waals surface area contributed by atoms with E-state index in [4.69, 9.17) is 5.11 Å². The van der Waals surface area contributed by atoms with Crippen molar-refractivity contribution in [2.45, 2.75) is 26.2 Å². The van der Waals surface area contributed by atoms with Crippen molar-refractivity contribution in [3.8, 4) is 0 Å². The van der Waals surface area contributed by atoms with Gasteiger partial charge >= 0.3 is 0 Å². The summed E-state index contributed by atoms with van der Waals surface area (Å²) in [6, 6.07) is 2.14. The van der Waals surface area contributed by atoms with Crippen molar-refractivity contribution >= 4 is 11.3 Å². The van der Waals surface area contributed by atoms with Gasteiger partial charge in [-0.05, 0) is 23.9 Å². The van der Waals surface area contributed by atoms with Crippen LogP contribution in [-0.2, 0) is 5.41 Å². The van der Waals surface area contributed by atoms with Crippen LogP contribution in [0.1, 0.15) is 24.3 Å². The van der Waals surface area contributed by atoms with Gasteiger partial charge in [-0.2, -0.15) is 0 Å². The molecule has 0 aliphatic rings. The summed E-state index contributed by atoms with van der Waals surface area (Å²) in [7, 11) is 0. The normalized spacial score (nSPS) is 12.0. The van der Waals surface area contributed by atoms with Crippen LogP contribution in [0.15, 0.2) is 11.4 Å². The number of rotatable bonds is 2. The lowest BCUT2D eigenvalue weighted by Crippen LogP contribution is -2.20. The summed E-state index contributed by atoms with van der Waals surface area (Å²) in [5.74, 6) is 0. The summed E-state index contributed by atoms with van der Waals surface area (Å²) < 4.78 is 0. The monoisotopic (exact) mass is 170 g/mol. The molecule has 0 aliphatic heterocycles. The zero-order valence-corrected chi connectivity index (χ0v) is 8.03. The molecule has 1 nitrogen and oxygen atoms in total. The molecule has 0 unspecified atom stereocenters. The Balaban J connectivity index is 2.92. The summed E-state index contributed by atoms with van der Waals surface area (Å²) >= 11 is 1.72. The molecule has 62 valence electrons. The summed E-state index contributed by atoms with van der Waals surface area (Å²) in [5.41, 5.74) is 1.21. The molecule has 0 amide bonds. The molecule has 0 saturated heterocycles. The van der Waals surface area contributed by atoms with Crippen molar-refractivity contribution in [2.75, 3.05) is 6.61 Å². The Morgan fingerprint density at radius 1 is 1.55 bits per heavy atom. The number of hydrogen-bond acceptors (Lipinski definition) is 2. The van der Waals surface area contributed by atoms with E-state index >= 15 is 0 Å². The van der Waals surface area contributed by atoms with Crippen LogP contribution in [0.3, 0.4) is 0 Å². The molecule has 11 heavy (non-hydrogen) atoms. The van der Waals surface area contributed by atoms with Crippen molar-refractivity contribution in [1.29, 1.82) is 0 Å². The number of thiophene rings is 1. The number of hydrogen-bond donors (Lipinski definition) is 1. The Kier molecular flexibility index (Phi) is 2.35. The van der Waals surface area contributed by atoms with Gasteiger partial charge in [-0.3, -0.25) is 0 Å². The Morgan fingerprint density at radius 2 is 2.18 bits per heavy atom. The molecule has 0 spiro atoms. The van der Waals surface area contributed by atoms with Gasteiger partial charge < -0.3 is 5.11 Å². The topological polar surface area (TPSA) is 20.2 Å². The minimum absolute atomic E-state index is 0.0705. The molecule has 0 fully saturated rings. The second-order valence-corrected chi connectivity index (χ2v) is 4.44. The summed E-state index contributed by atoms with van der Waals surface area (Å²) in [5, 5.41) is 11.2. The molecule has 0 saturated carbocycles. The zero-order chi connectivity index (χ0) is 8.48. The van der Waals surface area contributed by atoms with E-state index in [1.54, 1.807) is 11.3 Å². The molecule has 1 aromatic rings. The fraction of sp³-hybridized carbons (Fsp3) is 0.556. The maximum atomic E-state index is 9.06. The summed E-state index contributed by atoms with van der Waals surface area (Å²) in [6.07, 6.45) is 0.